The fraction of sp³-hybridized carbons (Fsp3) is 0.929. The lowest BCUT2D eigenvalue weighted by atomic mass is 9.76. The molecular weight excluding hydrogens is 214 g/mol. The zero-order chi connectivity index (χ0) is 13.5. The summed E-state index contributed by atoms with van der Waals surface area (Å²) in [6.45, 7) is 6.17. The van der Waals surface area contributed by atoms with E-state index < -0.39 is 5.97 Å². The van der Waals surface area contributed by atoms with Gasteiger partial charge < -0.3 is 10.0 Å². The van der Waals surface area contributed by atoms with Crippen LogP contribution in [0.1, 0.15) is 59.3 Å². The van der Waals surface area contributed by atoms with Crippen molar-refractivity contribution < 1.29 is 9.90 Å². The predicted octanol–water partition coefficient (Wildman–Crippen LogP) is 3.39. The Bertz CT molecular complexity index is 218. The first-order chi connectivity index (χ1) is 7.92. The van der Waals surface area contributed by atoms with E-state index in [1.165, 1.54) is 0 Å². The fourth-order valence-corrected chi connectivity index (χ4v) is 2.59. The quantitative estimate of drug-likeness (QED) is 0.675. The molecule has 0 fully saturated rings. The first kappa shape index (κ1) is 16.4. The van der Waals surface area contributed by atoms with Gasteiger partial charge in [-0.1, -0.05) is 46.5 Å². The number of unbranched alkanes of at least 4 members (excludes halogenated alkanes) is 2. The molecule has 1 atom stereocenters. The standard InChI is InChI=1S/C14H29NO2/c1-6-8-10-14(15(4)5,11-9-7-2)12(3)13(16)17/h12H,6-11H2,1-5H3,(H,16,17). The molecule has 0 aliphatic carbocycles. The maximum absolute atomic E-state index is 11.4. The number of hydrogen-bond acceptors (Lipinski definition) is 2. The van der Waals surface area contributed by atoms with Crippen LogP contribution in [0.5, 0.6) is 0 Å². The minimum absolute atomic E-state index is 0.183. The Morgan fingerprint density at radius 3 is 1.82 bits per heavy atom. The average molecular weight is 243 g/mol. The van der Waals surface area contributed by atoms with Gasteiger partial charge in [-0.25, -0.2) is 0 Å². The molecule has 0 rings (SSSR count). The van der Waals surface area contributed by atoms with Crippen LogP contribution in [-0.2, 0) is 4.79 Å². The number of nitrogens with zero attached hydrogens (tertiary/aromatic N) is 1. The van der Waals surface area contributed by atoms with Crippen LogP contribution in [0.25, 0.3) is 0 Å². The molecule has 0 aromatic carbocycles. The number of rotatable bonds is 9. The molecule has 0 aromatic heterocycles. The van der Waals surface area contributed by atoms with Crippen molar-refractivity contribution in [3.63, 3.8) is 0 Å². The Morgan fingerprint density at radius 1 is 1.18 bits per heavy atom. The highest BCUT2D eigenvalue weighted by atomic mass is 16.4. The van der Waals surface area contributed by atoms with Crippen molar-refractivity contribution in [3.8, 4) is 0 Å². The van der Waals surface area contributed by atoms with Gasteiger partial charge >= 0.3 is 5.97 Å². The van der Waals surface area contributed by atoms with Crippen LogP contribution in [-0.4, -0.2) is 35.6 Å². The van der Waals surface area contributed by atoms with Crippen LogP contribution in [0, 0.1) is 5.92 Å². The second-order valence-electron chi connectivity index (χ2n) is 5.27. The summed E-state index contributed by atoms with van der Waals surface area (Å²) < 4.78 is 0. The van der Waals surface area contributed by atoms with Gasteiger partial charge in [0.25, 0.3) is 0 Å². The second kappa shape index (κ2) is 7.70. The Balaban J connectivity index is 5.00. The van der Waals surface area contributed by atoms with Crippen molar-refractivity contribution in [2.75, 3.05) is 14.1 Å². The molecule has 3 heteroatoms. The van der Waals surface area contributed by atoms with Gasteiger partial charge in [0.2, 0.25) is 0 Å². The third-order valence-electron chi connectivity index (χ3n) is 3.99. The summed E-state index contributed by atoms with van der Waals surface area (Å²) >= 11 is 0. The van der Waals surface area contributed by atoms with E-state index in [1.807, 2.05) is 21.0 Å². The molecule has 0 amide bonds. The van der Waals surface area contributed by atoms with Crippen molar-refractivity contribution in [2.45, 2.75) is 64.8 Å². The van der Waals surface area contributed by atoms with Gasteiger partial charge in [-0.2, -0.15) is 0 Å². The van der Waals surface area contributed by atoms with E-state index in [1.54, 1.807) is 0 Å². The molecule has 0 saturated carbocycles. The molecule has 1 unspecified atom stereocenters. The zero-order valence-corrected chi connectivity index (χ0v) is 12.1. The van der Waals surface area contributed by atoms with Gasteiger partial charge in [-0.05, 0) is 26.9 Å². The molecule has 0 radical (unpaired) electrons. The zero-order valence-electron chi connectivity index (χ0n) is 12.1. The molecule has 0 aromatic rings. The Labute approximate surface area is 106 Å². The van der Waals surface area contributed by atoms with Crippen LogP contribution < -0.4 is 0 Å². The summed E-state index contributed by atoms with van der Waals surface area (Å²) in [6, 6.07) is 0. The van der Waals surface area contributed by atoms with E-state index in [2.05, 4.69) is 18.7 Å². The molecule has 0 saturated heterocycles. The molecule has 0 aliphatic heterocycles. The summed E-state index contributed by atoms with van der Waals surface area (Å²) in [7, 11) is 4.04. The highest BCUT2D eigenvalue weighted by Gasteiger charge is 2.40. The molecule has 3 nitrogen and oxygen atoms in total. The van der Waals surface area contributed by atoms with Gasteiger partial charge in [0.1, 0.15) is 0 Å². The molecule has 0 heterocycles. The maximum Gasteiger partial charge on any atom is 0.308 e. The number of carboxylic acids is 1. The fourth-order valence-electron chi connectivity index (χ4n) is 2.59. The largest absolute Gasteiger partial charge is 0.481 e. The monoisotopic (exact) mass is 243 g/mol. The summed E-state index contributed by atoms with van der Waals surface area (Å²) in [6.07, 6.45) is 6.38. The first-order valence-corrected chi connectivity index (χ1v) is 6.82. The van der Waals surface area contributed by atoms with Gasteiger partial charge in [-0.3, -0.25) is 4.79 Å². The van der Waals surface area contributed by atoms with E-state index in [0.717, 1.165) is 38.5 Å². The smallest absolute Gasteiger partial charge is 0.308 e. The van der Waals surface area contributed by atoms with E-state index in [4.69, 9.17) is 0 Å². The number of carbonyl (C=O) groups is 1. The van der Waals surface area contributed by atoms with Crippen LogP contribution in [0.4, 0.5) is 0 Å². The highest BCUT2D eigenvalue weighted by Crippen LogP contribution is 2.34. The maximum atomic E-state index is 11.4. The lowest BCUT2D eigenvalue weighted by molar-refractivity contribution is -0.147. The van der Waals surface area contributed by atoms with Crippen LogP contribution in [0.3, 0.4) is 0 Å². The van der Waals surface area contributed by atoms with Crippen LogP contribution >= 0.6 is 0 Å². The number of carboxylic acid groups (broad SMARTS) is 1. The average Bonchev–Trinajstić information content (AvgIpc) is 2.28. The topological polar surface area (TPSA) is 40.5 Å². The van der Waals surface area contributed by atoms with Crippen molar-refractivity contribution >= 4 is 5.97 Å². The van der Waals surface area contributed by atoms with Crippen LogP contribution in [0.2, 0.25) is 0 Å². The highest BCUT2D eigenvalue weighted by molar-refractivity contribution is 5.71. The number of aliphatic carboxylic acids is 1. The van der Waals surface area contributed by atoms with Gasteiger partial charge in [-0.15, -0.1) is 0 Å². The summed E-state index contributed by atoms with van der Waals surface area (Å²) in [4.78, 5) is 13.5. The molecule has 0 spiro atoms. The van der Waals surface area contributed by atoms with Gasteiger partial charge in [0.05, 0.1) is 5.92 Å². The van der Waals surface area contributed by atoms with E-state index in [9.17, 15) is 9.90 Å². The van der Waals surface area contributed by atoms with Crippen molar-refractivity contribution in [2.24, 2.45) is 5.92 Å². The summed E-state index contributed by atoms with van der Waals surface area (Å²) in [5.74, 6) is -0.985. The first-order valence-electron chi connectivity index (χ1n) is 6.82. The normalized spacial score (nSPS) is 14.0. The van der Waals surface area contributed by atoms with Gasteiger partial charge in [0.15, 0.2) is 0 Å². The summed E-state index contributed by atoms with van der Waals surface area (Å²) in [5.41, 5.74) is -0.183. The number of hydrogen-bond donors (Lipinski definition) is 1. The predicted molar refractivity (Wildman–Crippen MR) is 72.3 cm³/mol. The van der Waals surface area contributed by atoms with Gasteiger partial charge in [0, 0.05) is 5.54 Å². The lowest BCUT2D eigenvalue weighted by Crippen LogP contribution is -2.52. The molecule has 102 valence electrons. The molecule has 17 heavy (non-hydrogen) atoms. The van der Waals surface area contributed by atoms with Crippen molar-refractivity contribution in [3.05, 3.63) is 0 Å². The summed E-state index contributed by atoms with van der Waals surface area (Å²) in [5, 5.41) is 9.34. The molecular formula is C14H29NO2. The minimum atomic E-state index is -0.675. The second-order valence-corrected chi connectivity index (χ2v) is 5.27. The van der Waals surface area contributed by atoms with E-state index in [-0.39, 0.29) is 11.5 Å². The lowest BCUT2D eigenvalue weighted by Gasteiger charge is -2.43. The SMILES string of the molecule is CCCCC(CCCC)(C(C)C(=O)O)N(C)C. The molecule has 0 aliphatic rings. The van der Waals surface area contributed by atoms with Crippen molar-refractivity contribution in [1.82, 2.24) is 4.90 Å². The van der Waals surface area contributed by atoms with Crippen LogP contribution in [0.15, 0.2) is 0 Å². The Morgan fingerprint density at radius 2 is 1.59 bits per heavy atom. The molecule has 0 bridgehead atoms. The van der Waals surface area contributed by atoms with E-state index >= 15 is 0 Å². The van der Waals surface area contributed by atoms with Crippen molar-refractivity contribution in [1.29, 1.82) is 0 Å². The third-order valence-corrected chi connectivity index (χ3v) is 3.99. The molecule has 1 N–H and O–H groups in total. The minimum Gasteiger partial charge on any atom is -0.481 e. The Hall–Kier alpha value is -0.570. The third kappa shape index (κ3) is 4.30. The Kier molecular flexibility index (Phi) is 7.44. The van der Waals surface area contributed by atoms with E-state index in [0.29, 0.717) is 0 Å².